The van der Waals surface area contributed by atoms with Crippen molar-refractivity contribution < 1.29 is 4.79 Å². The molecule has 2 heterocycles. The Morgan fingerprint density at radius 2 is 1.48 bits per heavy atom. The van der Waals surface area contributed by atoms with Gasteiger partial charge in [0, 0.05) is 41.9 Å². The third-order valence-electron chi connectivity index (χ3n) is 5.29. The van der Waals surface area contributed by atoms with Crippen LogP contribution in [0.15, 0.2) is 54.6 Å². The molecule has 7 heteroatoms. The summed E-state index contributed by atoms with van der Waals surface area (Å²) in [6, 6.07) is 17.1. The van der Waals surface area contributed by atoms with Crippen LogP contribution in [0.1, 0.15) is 31.0 Å². The van der Waals surface area contributed by atoms with Crippen molar-refractivity contribution in [2.24, 2.45) is 0 Å². The van der Waals surface area contributed by atoms with E-state index in [2.05, 4.69) is 37.7 Å². The van der Waals surface area contributed by atoms with Crippen LogP contribution in [-0.2, 0) is 6.42 Å². The number of amides is 2. The summed E-state index contributed by atoms with van der Waals surface area (Å²) < 4.78 is 0. The fourth-order valence-electron chi connectivity index (χ4n) is 3.60. The fraction of sp³-hybridized carbons (Fsp3) is 0.292. The number of urea groups is 1. The number of hydrogen-bond acceptors (Lipinski definition) is 5. The molecule has 0 unspecified atom stereocenters. The average Bonchev–Trinajstić information content (AvgIpc) is 3.30. The number of carbonyl (C=O) groups is 1. The molecule has 2 aromatic carbocycles. The Kier molecular flexibility index (Phi) is 6.31. The molecule has 0 saturated carbocycles. The Labute approximate surface area is 182 Å². The molecule has 1 aliphatic rings. The van der Waals surface area contributed by atoms with Crippen LogP contribution in [0, 0.1) is 6.92 Å². The number of rotatable bonds is 6. The molecule has 1 aliphatic heterocycles. The monoisotopic (exact) mass is 416 g/mol. The second-order valence-electron chi connectivity index (χ2n) is 7.72. The van der Waals surface area contributed by atoms with E-state index < -0.39 is 0 Å². The van der Waals surface area contributed by atoms with Gasteiger partial charge in [0.05, 0.1) is 0 Å². The van der Waals surface area contributed by atoms with E-state index >= 15 is 0 Å². The topological polar surface area (TPSA) is 82.2 Å². The van der Waals surface area contributed by atoms with E-state index in [0.717, 1.165) is 42.4 Å². The van der Waals surface area contributed by atoms with E-state index in [1.807, 2.05) is 61.5 Å². The van der Waals surface area contributed by atoms with E-state index in [1.165, 1.54) is 18.4 Å². The smallest absolute Gasteiger partial charge is 0.323 e. The molecule has 7 nitrogen and oxygen atoms in total. The van der Waals surface area contributed by atoms with Crippen LogP contribution in [0.3, 0.4) is 0 Å². The number of aromatic nitrogens is 2. The number of carbonyl (C=O) groups excluding carboxylic acids is 1. The van der Waals surface area contributed by atoms with Crippen molar-refractivity contribution in [2.75, 3.05) is 33.9 Å². The first-order valence-electron chi connectivity index (χ1n) is 10.7. The zero-order valence-corrected chi connectivity index (χ0v) is 18.0. The van der Waals surface area contributed by atoms with E-state index in [9.17, 15) is 4.79 Å². The van der Waals surface area contributed by atoms with Gasteiger partial charge < -0.3 is 20.9 Å². The molecule has 1 fully saturated rings. The Bertz CT molecular complexity index is 1030. The highest BCUT2D eigenvalue weighted by molar-refractivity contribution is 5.99. The van der Waals surface area contributed by atoms with Gasteiger partial charge in [0.2, 0.25) is 5.95 Å². The molecule has 0 radical (unpaired) electrons. The largest absolute Gasteiger partial charge is 0.356 e. The molecule has 4 rings (SSSR count). The van der Waals surface area contributed by atoms with Crippen molar-refractivity contribution in [1.82, 2.24) is 9.97 Å². The predicted molar refractivity (Wildman–Crippen MR) is 126 cm³/mol. The second kappa shape index (κ2) is 9.47. The maximum absolute atomic E-state index is 12.3. The first-order chi connectivity index (χ1) is 15.1. The molecular formula is C24H28N6O. The van der Waals surface area contributed by atoms with Crippen molar-refractivity contribution in [1.29, 1.82) is 0 Å². The first kappa shape index (κ1) is 20.7. The highest BCUT2D eigenvalue weighted by Gasteiger charge is 2.15. The van der Waals surface area contributed by atoms with E-state index in [1.54, 1.807) is 0 Å². The molecular weight excluding hydrogens is 388 g/mol. The second-order valence-corrected chi connectivity index (χ2v) is 7.72. The van der Waals surface area contributed by atoms with Crippen LogP contribution in [-0.4, -0.2) is 29.1 Å². The molecule has 3 N–H and O–H groups in total. The molecule has 0 spiro atoms. The molecule has 0 aliphatic carbocycles. The molecule has 1 aromatic heterocycles. The fourth-order valence-corrected chi connectivity index (χ4v) is 3.60. The van der Waals surface area contributed by atoms with Gasteiger partial charge in [-0.1, -0.05) is 19.1 Å². The number of nitrogens with one attached hydrogen (secondary N) is 3. The van der Waals surface area contributed by atoms with Gasteiger partial charge in [-0.25, -0.2) is 9.78 Å². The van der Waals surface area contributed by atoms with Crippen molar-refractivity contribution in [3.63, 3.8) is 0 Å². The van der Waals surface area contributed by atoms with Crippen molar-refractivity contribution in [3.8, 4) is 0 Å². The lowest BCUT2D eigenvalue weighted by Crippen LogP contribution is -2.20. The number of benzene rings is 2. The molecule has 2 amide bonds. The third kappa shape index (κ3) is 5.51. The summed E-state index contributed by atoms with van der Waals surface area (Å²) in [5.74, 6) is 1.55. The number of aryl methyl sites for hydroxylation is 2. The summed E-state index contributed by atoms with van der Waals surface area (Å²) in [5, 5.41) is 8.96. The summed E-state index contributed by atoms with van der Waals surface area (Å²) in [4.78, 5) is 23.7. The maximum Gasteiger partial charge on any atom is 0.323 e. The Hall–Kier alpha value is -3.61. The van der Waals surface area contributed by atoms with Crippen LogP contribution < -0.4 is 20.9 Å². The SMILES string of the molecule is CCc1ccc(NC(=O)Nc2ccc(Nc3nc(C)cc(N4CCCC4)n3)cc2)cc1. The Morgan fingerprint density at radius 1 is 0.903 bits per heavy atom. The maximum atomic E-state index is 12.3. The van der Waals surface area contributed by atoms with Gasteiger partial charge in [0.15, 0.2) is 0 Å². The van der Waals surface area contributed by atoms with Gasteiger partial charge in [-0.15, -0.1) is 0 Å². The zero-order valence-electron chi connectivity index (χ0n) is 18.0. The van der Waals surface area contributed by atoms with Crippen molar-refractivity contribution in [2.45, 2.75) is 33.1 Å². The van der Waals surface area contributed by atoms with Gasteiger partial charge in [0.25, 0.3) is 0 Å². The first-order valence-corrected chi connectivity index (χ1v) is 10.7. The number of anilines is 5. The van der Waals surface area contributed by atoms with Gasteiger partial charge in [0.1, 0.15) is 5.82 Å². The summed E-state index contributed by atoms with van der Waals surface area (Å²) in [5.41, 5.74) is 4.49. The van der Waals surface area contributed by atoms with Crippen molar-refractivity contribution >= 4 is 34.9 Å². The van der Waals surface area contributed by atoms with Crippen LogP contribution in [0.25, 0.3) is 0 Å². The van der Waals surface area contributed by atoms with Gasteiger partial charge in [-0.2, -0.15) is 4.98 Å². The van der Waals surface area contributed by atoms with E-state index in [0.29, 0.717) is 11.6 Å². The van der Waals surface area contributed by atoms with Gasteiger partial charge in [-0.3, -0.25) is 0 Å². The third-order valence-corrected chi connectivity index (χ3v) is 5.29. The quantitative estimate of drug-likeness (QED) is 0.506. The molecule has 160 valence electrons. The Balaban J connectivity index is 1.36. The minimum absolute atomic E-state index is 0.276. The van der Waals surface area contributed by atoms with Crippen LogP contribution in [0.4, 0.5) is 33.6 Å². The van der Waals surface area contributed by atoms with Gasteiger partial charge >= 0.3 is 6.03 Å². The molecule has 3 aromatic rings. The highest BCUT2D eigenvalue weighted by atomic mass is 16.2. The lowest BCUT2D eigenvalue weighted by Gasteiger charge is -2.17. The number of nitrogens with zero attached hydrogens (tertiary/aromatic N) is 3. The molecule has 1 saturated heterocycles. The summed E-state index contributed by atoms with van der Waals surface area (Å²) in [6.07, 6.45) is 3.38. The highest BCUT2D eigenvalue weighted by Crippen LogP contribution is 2.22. The van der Waals surface area contributed by atoms with E-state index in [4.69, 9.17) is 0 Å². The van der Waals surface area contributed by atoms with Crippen molar-refractivity contribution in [3.05, 3.63) is 65.9 Å². The predicted octanol–water partition coefficient (Wildman–Crippen LogP) is 5.34. The molecule has 31 heavy (non-hydrogen) atoms. The Morgan fingerprint density at radius 3 is 2.10 bits per heavy atom. The summed E-state index contributed by atoms with van der Waals surface area (Å²) >= 11 is 0. The minimum atomic E-state index is -0.276. The number of hydrogen-bond donors (Lipinski definition) is 3. The van der Waals surface area contributed by atoms with Crippen LogP contribution in [0.2, 0.25) is 0 Å². The standard InChI is InChI=1S/C24H28N6O/c1-3-18-6-8-20(9-7-18)27-24(31)28-21-12-10-19(11-13-21)26-23-25-17(2)16-22(29-23)30-14-4-5-15-30/h6-13,16H,3-5,14-15H2,1-2H3,(H,25,26,29)(H2,27,28,31). The summed E-state index contributed by atoms with van der Waals surface area (Å²) in [6.45, 7) is 6.17. The van der Waals surface area contributed by atoms with Crippen LogP contribution in [0.5, 0.6) is 0 Å². The molecule has 0 bridgehead atoms. The summed E-state index contributed by atoms with van der Waals surface area (Å²) in [7, 11) is 0. The lowest BCUT2D eigenvalue weighted by atomic mass is 10.1. The minimum Gasteiger partial charge on any atom is -0.356 e. The van der Waals surface area contributed by atoms with Gasteiger partial charge in [-0.05, 0) is 68.1 Å². The van der Waals surface area contributed by atoms with E-state index in [-0.39, 0.29) is 6.03 Å². The molecule has 0 atom stereocenters. The van der Waals surface area contributed by atoms with Crippen LogP contribution >= 0.6 is 0 Å². The zero-order chi connectivity index (χ0) is 21.6. The average molecular weight is 417 g/mol. The lowest BCUT2D eigenvalue weighted by molar-refractivity contribution is 0.262. The normalized spacial score (nSPS) is 13.2.